The summed E-state index contributed by atoms with van der Waals surface area (Å²) in [5.74, 6) is 0.310. The monoisotopic (exact) mass is 346 g/mol. The molecule has 0 saturated heterocycles. The van der Waals surface area contributed by atoms with Gasteiger partial charge in [-0.2, -0.15) is 12.6 Å². The lowest BCUT2D eigenvalue weighted by Crippen LogP contribution is -2.32. The van der Waals surface area contributed by atoms with Gasteiger partial charge in [0.1, 0.15) is 0 Å². The van der Waals surface area contributed by atoms with E-state index in [1.54, 1.807) is 6.92 Å². The van der Waals surface area contributed by atoms with Crippen molar-refractivity contribution in [2.45, 2.75) is 19.1 Å². The third-order valence-electron chi connectivity index (χ3n) is 3.41. The number of primary amides is 1. The molecule has 128 valence electrons. The minimum atomic E-state index is -0.789. The molecule has 2 unspecified atom stereocenters. The number of nitrogens with zero attached hydrogens (tertiary/aromatic N) is 1. The molecule has 2 rings (SSSR count). The molecular weight excluding hydrogens is 324 g/mol. The van der Waals surface area contributed by atoms with Crippen molar-refractivity contribution in [3.05, 3.63) is 42.5 Å². The van der Waals surface area contributed by atoms with Crippen LogP contribution in [-0.2, 0) is 4.79 Å². The van der Waals surface area contributed by atoms with Crippen molar-refractivity contribution >= 4 is 24.2 Å². The van der Waals surface area contributed by atoms with Crippen LogP contribution in [0.25, 0.3) is 11.3 Å². The van der Waals surface area contributed by atoms with Crippen LogP contribution in [0.2, 0.25) is 0 Å². The Balaban J connectivity index is 2.30. The highest BCUT2D eigenvalue weighted by Gasteiger charge is 2.16. The Labute approximate surface area is 147 Å². The quantitative estimate of drug-likeness (QED) is 0.545. The molecule has 2 aromatic rings. The van der Waals surface area contributed by atoms with Crippen molar-refractivity contribution in [1.82, 2.24) is 4.98 Å². The highest BCUT2D eigenvalue weighted by molar-refractivity contribution is 7.80. The topological polar surface area (TPSA) is 103 Å². The summed E-state index contributed by atoms with van der Waals surface area (Å²) < 4.78 is 5.63. The summed E-state index contributed by atoms with van der Waals surface area (Å²) >= 11 is 4.16. The van der Waals surface area contributed by atoms with E-state index in [9.17, 15) is 4.79 Å². The molecule has 0 aliphatic heterocycles. The van der Waals surface area contributed by atoms with E-state index in [4.69, 9.17) is 16.2 Å². The summed E-state index contributed by atoms with van der Waals surface area (Å²) in [6, 6.07) is 13.3. The van der Waals surface area contributed by atoms with Gasteiger partial charge in [-0.3, -0.25) is 4.79 Å². The minimum Gasteiger partial charge on any atom is -0.463 e. The second kappa shape index (κ2) is 8.56. The number of pyridine rings is 1. The Kier molecular flexibility index (Phi) is 6.45. The molecule has 0 aliphatic rings. The first-order valence-electron chi connectivity index (χ1n) is 7.64. The zero-order valence-corrected chi connectivity index (χ0v) is 14.4. The van der Waals surface area contributed by atoms with E-state index >= 15 is 0 Å². The number of nitrogens with one attached hydrogen (secondary N) is 1. The van der Waals surface area contributed by atoms with Gasteiger partial charge in [-0.15, -0.1) is 0 Å². The number of rotatable bonds is 8. The Hall–Kier alpha value is -2.25. The summed E-state index contributed by atoms with van der Waals surface area (Å²) in [4.78, 5) is 15.8. The molecule has 0 aliphatic carbocycles. The summed E-state index contributed by atoms with van der Waals surface area (Å²) in [6.07, 6.45) is -0.789. The molecule has 2 atom stereocenters. The first-order valence-corrected chi connectivity index (χ1v) is 8.27. The van der Waals surface area contributed by atoms with Gasteiger partial charge in [0.2, 0.25) is 5.88 Å². The number of hydrogen-bond donors (Lipinski definition) is 4. The molecule has 7 heteroatoms. The van der Waals surface area contributed by atoms with Crippen LogP contribution in [0, 0.1) is 0 Å². The Morgan fingerprint density at radius 1 is 1.29 bits per heavy atom. The Morgan fingerprint density at radius 2 is 2.00 bits per heavy atom. The second-order valence-corrected chi connectivity index (χ2v) is 5.77. The fraction of sp³-hybridized carbons (Fsp3) is 0.294. The van der Waals surface area contributed by atoms with E-state index in [-0.39, 0.29) is 6.04 Å². The van der Waals surface area contributed by atoms with Crippen LogP contribution in [0.4, 0.5) is 5.69 Å². The maximum absolute atomic E-state index is 11.3. The number of thiol groups is 1. The van der Waals surface area contributed by atoms with Crippen molar-refractivity contribution in [1.29, 1.82) is 0 Å². The zero-order valence-electron chi connectivity index (χ0n) is 13.5. The van der Waals surface area contributed by atoms with E-state index in [1.807, 2.05) is 42.5 Å². The molecule has 1 aromatic heterocycles. The van der Waals surface area contributed by atoms with E-state index in [2.05, 4.69) is 22.9 Å². The number of carbonyl (C=O) groups is 1. The van der Waals surface area contributed by atoms with Gasteiger partial charge in [0.25, 0.3) is 5.91 Å². The van der Waals surface area contributed by atoms with Gasteiger partial charge in [0.05, 0.1) is 11.4 Å². The predicted molar refractivity (Wildman–Crippen MR) is 99.3 cm³/mol. The third kappa shape index (κ3) is 4.87. The number of hydrogen-bond acceptors (Lipinski definition) is 6. The van der Waals surface area contributed by atoms with Crippen molar-refractivity contribution in [2.24, 2.45) is 11.5 Å². The van der Waals surface area contributed by atoms with Gasteiger partial charge in [-0.25, -0.2) is 4.98 Å². The van der Waals surface area contributed by atoms with Crippen LogP contribution in [0.5, 0.6) is 5.88 Å². The normalized spacial score (nSPS) is 13.1. The Bertz CT molecular complexity index is 682. The minimum absolute atomic E-state index is 0.108. The van der Waals surface area contributed by atoms with E-state index in [1.165, 1.54) is 0 Å². The summed E-state index contributed by atoms with van der Waals surface area (Å²) in [5, 5.41) is 3.17. The molecule has 0 saturated carbocycles. The lowest BCUT2D eigenvalue weighted by Gasteiger charge is -2.17. The first-order chi connectivity index (χ1) is 11.5. The van der Waals surface area contributed by atoms with Gasteiger partial charge >= 0.3 is 0 Å². The highest BCUT2D eigenvalue weighted by atomic mass is 32.1. The van der Waals surface area contributed by atoms with Crippen LogP contribution in [0.3, 0.4) is 0 Å². The van der Waals surface area contributed by atoms with E-state index in [0.717, 1.165) is 11.3 Å². The number of ether oxygens (including phenoxy) is 1. The maximum atomic E-state index is 11.3. The van der Waals surface area contributed by atoms with Crippen LogP contribution in [0.15, 0.2) is 42.5 Å². The highest BCUT2D eigenvalue weighted by Crippen LogP contribution is 2.27. The van der Waals surface area contributed by atoms with Gasteiger partial charge in [-0.1, -0.05) is 30.3 Å². The number of anilines is 1. The molecule has 1 amide bonds. The lowest BCUT2D eigenvalue weighted by atomic mass is 10.1. The summed E-state index contributed by atoms with van der Waals surface area (Å²) in [7, 11) is 0. The van der Waals surface area contributed by atoms with Crippen LogP contribution in [-0.4, -0.2) is 35.3 Å². The SMILES string of the molecule is CC(Oc1nc(-c2ccccc2)ccc1NCC(N)CS)C(N)=O. The smallest absolute Gasteiger partial charge is 0.258 e. The molecule has 0 spiro atoms. The second-order valence-electron chi connectivity index (χ2n) is 5.40. The van der Waals surface area contributed by atoms with Gasteiger partial charge in [0, 0.05) is 23.9 Å². The van der Waals surface area contributed by atoms with E-state index < -0.39 is 12.0 Å². The largest absolute Gasteiger partial charge is 0.463 e. The molecular formula is C17H22N4O2S. The van der Waals surface area contributed by atoms with Crippen LogP contribution >= 0.6 is 12.6 Å². The summed E-state index contributed by atoms with van der Waals surface area (Å²) in [5.41, 5.74) is 13.5. The molecule has 0 radical (unpaired) electrons. The molecule has 0 fully saturated rings. The lowest BCUT2D eigenvalue weighted by molar-refractivity contribution is -0.124. The van der Waals surface area contributed by atoms with Gasteiger partial charge in [-0.05, 0) is 19.1 Å². The number of aromatic nitrogens is 1. The molecule has 5 N–H and O–H groups in total. The molecule has 1 heterocycles. The maximum Gasteiger partial charge on any atom is 0.258 e. The first kappa shape index (κ1) is 18.1. The van der Waals surface area contributed by atoms with Crippen LogP contribution < -0.4 is 21.5 Å². The average Bonchev–Trinajstić information content (AvgIpc) is 2.60. The zero-order chi connectivity index (χ0) is 17.5. The predicted octanol–water partition coefficient (Wildman–Crippen LogP) is 1.67. The summed E-state index contributed by atoms with van der Waals surface area (Å²) in [6.45, 7) is 2.10. The fourth-order valence-corrected chi connectivity index (χ4v) is 2.09. The molecule has 0 bridgehead atoms. The number of amides is 1. The fourth-order valence-electron chi connectivity index (χ4n) is 1.97. The van der Waals surface area contributed by atoms with Crippen molar-refractivity contribution in [3.63, 3.8) is 0 Å². The Morgan fingerprint density at radius 3 is 2.62 bits per heavy atom. The number of benzene rings is 1. The van der Waals surface area contributed by atoms with Crippen molar-refractivity contribution in [3.8, 4) is 17.1 Å². The molecule has 6 nitrogen and oxygen atoms in total. The number of carbonyl (C=O) groups excluding carboxylic acids is 1. The number of nitrogens with two attached hydrogens (primary N) is 2. The molecule has 24 heavy (non-hydrogen) atoms. The van der Waals surface area contributed by atoms with Crippen molar-refractivity contribution in [2.75, 3.05) is 17.6 Å². The standard InChI is InChI=1S/C17H22N4O2S/c1-11(16(19)22)23-17-15(20-9-13(18)10-24)8-7-14(21-17)12-5-3-2-4-6-12/h2-8,11,13,20,24H,9-10,18H2,1H3,(H2,19,22). The van der Waals surface area contributed by atoms with E-state index in [0.29, 0.717) is 23.9 Å². The molecule has 1 aromatic carbocycles. The van der Waals surface area contributed by atoms with Gasteiger partial charge in [0.15, 0.2) is 6.10 Å². The van der Waals surface area contributed by atoms with Crippen molar-refractivity contribution < 1.29 is 9.53 Å². The van der Waals surface area contributed by atoms with Gasteiger partial charge < -0.3 is 21.5 Å². The average molecular weight is 346 g/mol. The van der Waals surface area contributed by atoms with Crippen LogP contribution in [0.1, 0.15) is 6.92 Å². The third-order valence-corrected chi connectivity index (χ3v) is 3.88.